The molecule has 7 nitrogen and oxygen atoms in total. The van der Waals surface area contributed by atoms with Crippen molar-refractivity contribution in [1.29, 1.82) is 0 Å². The Morgan fingerprint density at radius 3 is 2.72 bits per heavy atom. The zero-order valence-corrected chi connectivity index (χ0v) is 17.0. The van der Waals surface area contributed by atoms with Gasteiger partial charge in [-0.3, -0.25) is 9.48 Å². The minimum atomic E-state index is -0.0842. The standard InChI is InChI=1S/C22H26N6O/c1-14-20-17(11-18(16-6-7-16)25-21(20)27(2)26-14)22(29)24-13-15-5-8-19(23-12-15)28-9-3-4-10-28/h5,8,11-12,16H,3-4,6-7,9-10,13H2,1-2H3,(H,24,29). The second kappa shape index (κ2) is 7.13. The lowest BCUT2D eigenvalue weighted by Gasteiger charge is -2.16. The van der Waals surface area contributed by atoms with Crippen LogP contribution in [0.2, 0.25) is 0 Å². The van der Waals surface area contributed by atoms with Crippen molar-refractivity contribution >= 4 is 22.8 Å². The van der Waals surface area contributed by atoms with Crippen molar-refractivity contribution < 1.29 is 4.79 Å². The second-order valence-corrected chi connectivity index (χ2v) is 8.18. The molecule has 0 atom stereocenters. The molecule has 3 aromatic heterocycles. The van der Waals surface area contributed by atoms with Crippen LogP contribution in [0.15, 0.2) is 24.4 Å². The molecule has 1 N–H and O–H groups in total. The highest BCUT2D eigenvalue weighted by atomic mass is 16.1. The van der Waals surface area contributed by atoms with Crippen LogP contribution < -0.4 is 10.2 Å². The first-order valence-corrected chi connectivity index (χ1v) is 10.4. The van der Waals surface area contributed by atoms with Crippen molar-refractivity contribution in [3.8, 4) is 0 Å². The summed E-state index contributed by atoms with van der Waals surface area (Å²) in [5.41, 5.74) is 4.29. The van der Waals surface area contributed by atoms with E-state index in [-0.39, 0.29) is 5.91 Å². The van der Waals surface area contributed by atoms with Gasteiger partial charge in [0.1, 0.15) is 5.82 Å². The number of carbonyl (C=O) groups is 1. The molecule has 0 spiro atoms. The van der Waals surface area contributed by atoms with Gasteiger partial charge in [0.15, 0.2) is 5.65 Å². The number of nitrogens with one attached hydrogen (secondary N) is 1. The van der Waals surface area contributed by atoms with Gasteiger partial charge in [0.2, 0.25) is 0 Å². The molecule has 3 aromatic rings. The van der Waals surface area contributed by atoms with Crippen LogP contribution in [0.1, 0.15) is 58.9 Å². The second-order valence-electron chi connectivity index (χ2n) is 8.18. The van der Waals surface area contributed by atoms with E-state index >= 15 is 0 Å². The molecule has 4 heterocycles. The van der Waals surface area contributed by atoms with Gasteiger partial charge < -0.3 is 10.2 Å². The van der Waals surface area contributed by atoms with E-state index in [0.29, 0.717) is 18.0 Å². The van der Waals surface area contributed by atoms with Crippen molar-refractivity contribution in [3.63, 3.8) is 0 Å². The molecule has 1 aliphatic carbocycles. The van der Waals surface area contributed by atoms with Crippen molar-refractivity contribution in [2.24, 2.45) is 7.05 Å². The number of nitrogens with zero attached hydrogens (tertiary/aromatic N) is 5. The fourth-order valence-electron chi connectivity index (χ4n) is 4.16. The van der Waals surface area contributed by atoms with Crippen LogP contribution in [0.3, 0.4) is 0 Å². The van der Waals surface area contributed by atoms with Crippen LogP contribution in [-0.2, 0) is 13.6 Å². The highest BCUT2D eigenvalue weighted by Crippen LogP contribution is 2.40. The molecule has 2 aliphatic rings. The molecule has 1 amide bonds. The predicted molar refractivity (Wildman–Crippen MR) is 112 cm³/mol. The first-order valence-electron chi connectivity index (χ1n) is 10.4. The normalized spacial score (nSPS) is 16.6. The minimum absolute atomic E-state index is 0.0842. The van der Waals surface area contributed by atoms with E-state index in [1.807, 2.05) is 38.4 Å². The number of aromatic nitrogens is 4. The summed E-state index contributed by atoms with van der Waals surface area (Å²) < 4.78 is 1.77. The molecule has 5 rings (SSSR count). The van der Waals surface area contributed by atoms with Crippen LogP contribution in [0.25, 0.3) is 11.0 Å². The Labute approximate surface area is 170 Å². The molecular formula is C22H26N6O. The zero-order valence-electron chi connectivity index (χ0n) is 17.0. The Balaban J connectivity index is 1.36. The minimum Gasteiger partial charge on any atom is -0.357 e. The number of aryl methyl sites for hydroxylation is 2. The Hall–Kier alpha value is -2.96. The molecule has 0 unspecified atom stereocenters. The summed E-state index contributed by atoms with van der Waals surface area (Å²) in [6, 6.07) is 6.06. The SMILES string of the molecule is Cc1nn(C)c2nc(C3CC3)cc(C(=O)NCc3ccc(N4CCCC4)nc3)c12. The molecule has 2 fully saturated rings. The quantitative estimate of drug-likeness (QED) is 0.725. The fraction of sp³-hybridized carbons (Fsp3) is 0.455. The lowest BCUT2D eigenvalue weighted by atomic mass is 10.1. The third-order valence-electron chi connectivity index (χ3n) is 5.92. The van der Waals surface area contributed by atoms with E-state index in [1.54, 1.807) is 4.68 Å². The molecule has 150 valence electrons. The third kappa shape index (κ3) is 3.45. The number of rotatable bonds is 5. The largest absolute Gasteiger partial charge is 0.357 e. The van der Waals surface area contributed by atoms with E-state index in [9.17, 15) is 4.79 Å². The Bertz CT molecular complexity index is 1060. The highest BCUT2D eigenvalue weighted by molar-refractivity contribution is 6.06. The molecule has 29 heavy (non-hydrogen) atoms. The number of fused-ring (bicyclic) bond motifs is 1. The van der Waals surface area contributed by atoms with E-state index < -0.39 is 0 Å². The number of anilines is 1. The summed E-state index contributed by atoms with van der Waals surface area (Å²) in [5, 5.41) is 8.39. The molecule has 0 aromatic carbocycles. The predicted octanol–water partition coefficient (Wildman–Crippen LogP) is 3.08. The number of hydrogen-bond acceptors (Lipinski definition) is 5. The molecule has 7 heteroatoms. The Morgan fingerprint density at radius 1 is 1.24 bits per heavy atom. The summed E-state index contributed by atoms with van der Waals surface area (Å²) in [6.45, 7) is 4.54. The molecule has 0 bridgehead atoms. The maximum absolute atomic E-state index is 13.1. The van der Waals surface area contributed by atoms with Gasteiger partial charge in [-0.25, -0.2) is 9.97 Å². The maximum Gasteiger partial charge on any atom is 0.252 e. The Morgan fingerprint density at radius 2 is 2.03 bits per heavy atom. The summed E-state index contributed by atoms with van der Waals surface area (Å²) in [7, 11) is 1.88. The number of carbonyl (C=O) groups excluding carboxylic acids is 1. The summed E-state index contributed by atoms with van der Waals surface area (Å²) in [6.07, 6.45) is 6.62. The van der Waals surface area contributed by atoms with Crippen molar-refractivity contribution in [1.82, 2.24) is 25.1 Å². The molecule has 1 saturated heterocycles. The monoisotopic (exact) mass is 390 g/mol. The summed E-state index contributed by atoms with van der Waals surface area (Å²) in [4.78, 5) is 24.7. The van der Waals surface area contributed by atoms with Crippen LogP contribution in [-0.4, -0.2) is 38.7 Å². The van der Waals surface area contributed by atoms with Crippen molar-refractivity contribution in [2.75, 3.05) is 18.0 Å². The van der Waals surface area contributed by atoms with E-state index in [0.717, 1.165) is 59.7 Å². The van der Waals surface area contributed by atoms with Gasteiger partial charge in [0, 0.05) is 44.5 Å². The van der Waals surface area contributed by atoms with Crippen LogP contribution in [0.5, 0.6) is 0 Å². The average Bonchev–Trinajstić information content (AvgIpc) is 3.36. The summed E-state index contributed by atoms with van der Waals surface area (Å²) >= 11 is 0. The first-order chi connectivity index (χ1) is 14.1. The number of hydrogen-bond donors (Lipinski definition) is 1. The number of amides is 1. The molecule has 0 radical (unpaired) electrons. The van der Waals surface area contributed by atoms with E-state index in [4.69, 9.17) is 4.98 Å². The van der Waals surface area contributed by atoms with Gasteiger partial charge in [-0.1, -0.05) is 6.07 Å². The van der Waals surface area contributed by atoms with Gasteiger partial charge in [-0.2, -0.15) is 5.10 Å². The lowest BCUT2D eigenvalue weighted by Crippen LogP contribution is -2.24. The highest BCUT2D eigenvalue weighted by Gasteiger charge is 2.28. The van der Waals surface area contributed by atoms with E-state index in [1.165, 1.54) is 12.8 Å². The third-order valence-corrected chi connectivity index (χ3v) is 5.92. The fourth-order valence-corrected chi connectivity index (χ4v) is 4.16. The smallest absolute Gasteiger partial charge is 0.252 e. The lowest BCUT2D eigenvalue weighted by molar-refractivity contribution is 0.0952. The average molecular weight is 390 g/mol. The van der Waals surface area contributed by atoms with Crippen LogP contribution >= 0.6 is 0 Å². The van der Waals surface area contributed by atoms with Gasteiger partial charge in [0.05, 0.1) is 16.6 Å². The molecule has 1 aliphatic heterocycles. The number of pyridine rings is 2. The first kappa shape index (κ1) is 18.1. The zero-order chi connectivity index (χ0) is 20.0. The van der Waals surface area contributed by atoms with Crippen molar-refractivity contribution in [2.45, 2.75) is 45.1 Å². The molecular weight excluding hydrogens is 364 g/mol. The summed E-state index contributed by atoms with van der Waals surface area (Å²) in [5.74, 6) is 1.41. The van der Waals surface area contributed by atoms with E-state index in [2.05, 4.69) is 20.3 Å². The van der Waals surface area contributed by atoms with Gasteiger partial charge >= 0.3 is 0 Å². The van der Waals surface area contributed by atoms with Crippen LogP contribution in [0, 0.1) is 6.92 Å². The van der Waals surface area contributed by atoms with Gasteiger partial charge in [-0.05, 0) is 50.3 Å². The molecule has 1 saturated carbocycles. The Kier molecular flexibility index (Phi) is 4.45. The van der Waals surface area contributed by atoms with Crippen molar-refractivity contribution in [3.05, 3.63) is 46.9 Å². The topological polar surface area (TPSA) is 75.9 Å². The van der Waals surface area contributed by atoms with Gasteiger partial charge in [-0.15, -0.1) is 0 Å². The van der Waals surface area contributed by atoms with Crippen LogP contribution in [0.4, 0.5) is 5.82 Å². The maximum atomic E-state index is 13.1. The van der Waals surface area contributed by atoms with Gasteiger partial charge in [0.25, 0.3) is 5.91 Å².